The summed E-state index contributed by atoms with van der Waals surface area (Å²) in [5, 5.41) is 0. The molecule has 5 rings (SSSR count). The minimum atomic E-state index is -0.109. The molecule has 0 aliphatic carbocycles. The van der Waals surface area contributed by atoms with Gasteiger partial charge in [-0.1, -0.05) is 36.4 Å². The fraction of sp³-hybridized carbons (Fsp3) is 0.387. The van der Waals surface area contributed by atoms with Crippen molar-refractivity contribution in [3.63, 3.8) is 0 Å². The van der Waals surface area contributed by atoms with Gasteiger partial charge in [0.1, 0.15) is 11.5 Å². The van der Waals surface area contributed by atoms with Gasteiger partial charge in [0.2, 0.25) is 0 Å². The van der Waals surface area contributed by atoms with E-state index in [1.165, 1.54) is 16.7 Å². The second-order valence-corrected chi connectivity index (χ2v) is 10.0. The number of nitrogens with zero attached hydrogens (tertiary/aromatic N) is 2. The molecule has 0 spiro atoms. The van der Waals surface area contributed by atoms with E-state index in [2.05, 4.69) is 65.6 Å². The van der Waals surface area contributed by atoms with Crippen molar-refractivity contribution in [2.24, 2.45) is 0 Å². The third kappa shape index (κ3) is 4.98. The molecule has 0 bridgehead atoms. The summed E-state index contributed by atoms with van der Waals surface area (Å²) in [4.78, 5) is 17.3. The van der Waals surface area contributed by atoms with Gasteiger partial charge in [-0.25, -0.2) is 0 Å². The minimum Gasteiger partial charge on any atom is -0.497 e. The Labute approximate surface area is 214 Å². The molecule has 3 aromatic carbocycles. The molecule has 0 radical (unpaired) electrons. The van der Waals surface area contributed by atoms with Gasteiger partial charge >= 0.3 is 0 Å². The van der Waals surface area contributed by atoms with Crippen LogP contribution in [0.25, 0.3) is 0 Å². The first-order valence-corrected chi connectivity index (χ1v) is 13.0. The number of amides is 1. The van der Waals surface area contributed by atoms with Crippen LogP contribution in [-0.2, 0) is 12.0 Å². The number of piperidine rings is 1. The van der Waals surface area contributed by atoms with Crippen LogP contribution in [0.1, 0.15) is 52.7 Å². The molecule has 0 unspecified atom stereocenters. The second-order valence-electron chi connectivity index (χ2n) is 10.0. The Kier molecular flexibility index (Phi) is 7.28. The maximum Gasteiger partial charge on any atom is 0.253 e. The zero-order valence-electron chi connectivity index (χ0n) is 21.4. The van der Waals surface area contributed by atoms with E-state index in [1.54, 1.807) is 14.2 Å². The minimum absolute atomic E-state index is 0.109. The molecule has 2 saturated heterocycles. The molecule has 3 aromatic rings. The van der Waals surface area contributed by atoms with Crippen LogP contribution < -0.4 is 9.47 Å². The van der Waals surface area contributed by atoms with Gasteiger partial charge in [0, 0.05) is 37.2 Å². The Morgan fingerprint density at radius 1 is 0.750 bits per heavy atom. The maximum absolute atomic E-state index is 12.7. The summed E-state index contributed by atoms with van der Waals surface area (Å²) in [5.74, 6) is 1.91. The van der Waals surface area contributed by atoms with Crippen molar-refractivity contribution in [3.8, 4) is 11.5 Å². The average molecular weight is 485 g/mol. The van der Waals surface area contributed by atoms with Crippen LogP contribution in [0.3, 0.4) is 0 Å². The van der Waals surface area contributed by atoms with Gasteiger partial charge in [-0.2, -0.15) is 0 Å². The highest BCUT2D eigenvalue weighted by Crippen LogP contribution is 2.41. The zero-order valence-corrected chi connectivity index (χ0v) is 21.4. The molecule has 2 aliphatic rings. The number of hydrogen-bond donors (Lipinski definition) is 0. The number of hydrogen-bond acceptors (Lipinski definition) is 4. The molecule has 2 fully saturated rings. The summed E-state index contributed by atoms with van der Waals surface area (Å²) in [6, 6.07) is 25.4. The van der Waals surface area contributed by atoms with Gasteiger partial charge in [0.05, 0.1) is 14.2 Å². The number of likely N-dealkylation sites (tertiary alicyclic amines) is 2. The summed E-state index contributed by atoms with van der Waals surface area (Å²) in [7, 11) is 3.42. The zero-order chi connectivity index (χ0) is 25.0. The number of rotatable bonds is 7. The van der Waals surface area contributed by atoms with Gasteiger partial charge in [0.15, 0.2) is 0 Å². The third-order valence-corrected chi connectivity index (χ3v) is 7.86. The fourth-order valence-corrected chi connectivity index (χ4v) is 5.85. The van der Waals surface area contributed by atoms with E-state index in [9.17, 15) is 4.79 Å². The van der Waals surface area contributed by atoms with E-state index in [-0.39, 0.29) is 11.3 Å². The molecule has 2 aliphatic heterocycles. The predicted molar refractivity (Wildman–Crippen MR) is 143 cm³/mol. The molecule has 1 amide bonds. The van der Waals surface area contributed by atoms with Crippen molar-refractivity contribution < 1.29 is 14.3 Å². The number of carbonyl (C=O) groups is 1. The van der Waals surface area contributed by atoms with Gasteiger partial charge < -0.3 is 14.4 Å². The van der Waals surface area contributed by atoms with Crippen LogP contribution in [0.2, 0.25) is 0 Å². The van der Waals surface area contributed by atoms with Gasteiger partial charge in [-0.15, -0.1) is 0 Å². The Morgan fingerprint density at radius 2 is 1.31 bits per heavy atom. The molecule has 0 aromatic heterocycles. The lowest BCUT2D eigenvalue weighted by Gasteiger charge is -2.44. The van der Waals surface area contributed by atoms with E-state index < -0.39 is 0 Å². The fourth-order valence-electron chi connectivity index (χ4n) is 5.85. The van der Waals surface area contributed by atoms with Crippen molar-refractivity contribution >= 4 is 5.91 Å². The Morgan fingerprint density at radius 3 is 1.83 bits per heavy atom. The van der Waals surface area contributed by atoms with E-state index in [0.717, 1.165) is 75.5 Å². The Balaban J connectivity index is 1.38. The lowest BCUT2D eigenvalue weighted by molar-refractivity contribution is 0.0793. The molecule has 0 N–H and O–H groups in total. The quantitative estimate of drug-likeness (QED) is 0.443. The number of benzene rings is 3. The normalized spacial score (nSPS) is 17.7. The smallest absolute Gasteiger partial charge is 0.253 e. The Hall–Kier alpha value is -3.31. The molecule has 0 saturated carbocycles. The van der Waals surface area contributed by atoms with Gasteiger partial charge in [-0.3, -0.25) is 9.69 Å². The van der Waals surface area contributed by atoms with Crippen molar-refractivity contribution in [2.45, 2.75) is 37.6 Å². The van der Waals surface area contributed by atoms with E-state index in [0.29, 0.717) is 0 Å². The summed E-state index contributed by atoms with van der Waals surface area (Å²) >= 11 is 0. The van der Waals surface area contributed by atoms with Crippen LogP contribution >= 0.6 is 0 Å². The summed E-state index contributed by atoms with van der Waals surface area (Å²) < 4.78 is 10.9. The summed E-state index contributed by atoms with van der Waals surface area (Å²) in [6.07, 6.45) is 4.43. The number of methoxy groups -OCH3 is 2. The lowest BCUT2D eigenvalue weighted by atomic mass is 9.69. The van der Waals surface area contributed by atoms with Crippen LogP contribution in [0, 0.1) is 0 Å². The third-order valence-electron chi connectivity index (χ3n) is 7.86. The molecule has 36 heavy (non-hydrogen) atoms. The molecular weight excluding hydrogens is 448 g/mol. The van der Waals surface area contributed by atoms with Crippen LogP contribution in [-0.4, -0.2) is 56.1 Å². The van der Waals surface area contributed by atoms with E-state index >= 15 is 0 Å². The van der Waals surface area contributed by atoms with Crippen LogP contribution in [0.5, 0.6) is 11.5 Å². The molecule has 5 heteroatoms. The topological polar surface area (TPSA) is 42.0 Å². The molecule has 2 heterocycles. The highest BCUT2D eigenvalue weighted by molar-refractivity contribution is 5.94. The highest BCUT2D eigenvalue weighted by atomic mass is 16.5. The van der Waals surface area contributed by atoms with Crippen molar-refractivity contribution in [1.82, 2.24) is 9.80 Å². The summed E-state index contributed by atoms with van der Waals surface area (Å²) in [6.45, 7) is 4.62. The SMILES string of the molecule is COc1ccc(C2(c3ccc(OC)cc3)CCCN(Cc3ccc(C(=O)N4CCCC4)cc3)C2)cc1. The Bertz CT molecular complexity index is 1100. The van der Waals surface area contributed by atoms with Crippen molar-refractivity contribution in [1.29, 1.82) is 0 Å². The van der Waals surface area contributed by atoms with Crippen molar-refractivity contribution in [3.05, 3.63) is 95.1 Å². The average Bonchev–Trinajstić information content (AvgIpc) is 3.48. The number of ether oxygens (including phenoxy) is 2. The molecule has 0 atom stereocenters. The number of carbonyl (C=O) groups excluding carboxylic acids is 1. The van der Waals surface area contributed by atoms with Gasteiger partial charge in [0.25, 0.3) is 5.91 Å². The predicted octanol–water partition coefficient (Wildman–Crippen LogP) is 5.52. The monoisotopic (exact) mass is 484 g/mol. The first-order chi connectivity index (χ1) is 17.6. The van der Waals surface area contributed by atoms with Crippen LogP contribution in [0.15, 0.2) is 72.8 Å². The standard InChI is InChI=1S/C31H36N2O3/c1-35-28-14-10-26(11-15-28)31(27-12-16-29(36-2)17-13-27)18-5-19-32(23-31)22-24-6-8-25(9-7-24)30(34)33-20-3-4-21-33/h6-17H,3-5,18-23H2,1-2H3. The first-order valence-electron chi connectivity index (χ1n) is 13.0. The lowest BCUT2D eigenvalue weighted by Crippen LogP contribution is -2.46. The summed E-state index contributed by atoms with van der Waals surface area (Å²) in [5.41, 5.74) is 4.55. The molecule has 5 nitrogen and oxygen atoms in total. The van der Waals surface area contributed by atoms with E-state index in [1.807, 2.05) is 17.0 Å². The maximum atomic E-state index is 12.7. The van der Waals surface area contributed by atoms with Crippen molar-refractivity contribution in [2.75, 3.05) is 40.4 Å². The molecular formula is C31H36N2O3. The van der Waals surface area contributed by atoms with Crippen LogP contribution in [0.4, 0.5) is 0 Å². The largest absolute Gasteiger partial charge is 0.497 e. The first kappa shape index (κ1) is 24.4. The van der Waals surface area contributed by atoms with Gasteiger partial charge in [-0.05, 0) is 85.3 Å². The van der Waals surface area contributed by atoms with E-state index in [4.69, 9.17) is 9.47 Å². The highest BCUT2D eigenvalue weighted by Gasteiger charge is 2.38. The molecule has 188 valence electrons. The second kappa shape index (κ2) is 10.8.